The van der Waals surface area contributed by atoms with Gasteiger partial charge < -0.3 is 5.32 Å². The number of allylic oxidation sites excluding steroid dienone is 2. The largest absolute Gasteiger partial charge is 0.328 e. The lowest BCUT2D eigenvalue weighted by Gasteiger charge is -2.24. The Bertz CT molecular complexity index is 575. The van der Waals surface area contributed by atoms with Crippen LogP contribution in [0.2, 0.25) is 0 Å². The van der Waals surface area contributed by atoms with Crippen LogP contribution in [0.1, 0.15) is 24.3 Å². The number of nitrogens with one attached hydrogen (secondary N) is 1. The number of carbonyl (C=O) groups excluding carboxylic acids is 1. The van der Waals surface area contributed by atoms with E-state index >= 15 is 0 Å². The van der Waals surface area contributed by atoms with Crippen LogP contribution in [0.5, 0.6) is 0 Å². The molecule has 0 saturated carbocycles. The first-order chi connectivity index (χ1) is 8.76. The molecule has 1 atom stereocenters. The summed E-state index contributed by atoms with van der Waals surface area (Å²) in [5, 5.41) is 20.6. The van der Waals surface area contributed by atoms with Crippen LogP contribution < -0.4 is 5.32 Å². The van der Waals surface area contributed by atoms with Gasteiger partial charge in [-0.3, -0.25) is 4.79 Å². The Kier molecular flexibility index (Phi) is 3.41. The summed E-state index contributed by atoms with van der Waals surface area (Å²) in [6.45, 7) is 0. The SMILES string of the molecule is N#CCC1=C(C#N)C(c2ccccc2)CC(=O)N1. The van der Waals surface area contributed by atoms with E-state index in [0.717, 1.165) is 5.56 Å². The highest BCUT2D eigenvalue weighted by Crippen LogP contribution is 2.32. The van der Waals surface area contributed by atoms with Gasteiger partial charge in [-0.2, -0.15) is 10.5 Å². The summed E-state index contributed by atoms with van der Waals surface area (Å²) >= 11 is 0. The third-order valence-corrected chi connectivity index (χ3v) is 2.93. The number of hydrogen-bond donors (Lipinski definition) is 1. The van der Waals surface area contributed by atoms with Crippen molar-refractivity contribution in [1.29, 1.82) is 10.5 Å². The van der Waals surface area contributed by atoms with Gasteiger partial charge in [0.1, 0.15) is 0 Å². The van der Waals surface area contributed by atoms with Crippen molar-refractivity contribution in [1.82, 2.24) is 5.32 Å². The molecule has 18 heavy (non-hydrogen) atoms. The summed E-state index contributed by atoms with van der Waals surface area (Å²) in [6, 6.07) is 13.5. The number of nitriles is 2. The monoisotopic (exact) mass is 237 g/mol. The number of benzene rings is 1. The highest BCUT2D eigenvalue weighted by Gasteiger charge is 2.28. The molecular formula is C14H11N3O. The van der Waals surface area contributed by atoms with Gasteiger partial charge in [0.2, 0.25) is 5.91 Å². The van der Waals surface area contributed by atoms with Crippen molar-refractivity contribution in [2.75, 3.05) is 0 Å². The molecule has 88 valence electrons. The van der Waals surface area contributed by atoms with Crippen molar-refractivity contribution in [2.45, 2.75) is 18.8 Å². The Morgan fingerprint density at radius 1 is 1.28 bits per heavy atom. The van der Waals surface area contributed by atoms with Gasteiger partial charge in [-0.1, -0.05) is 30.3 Å². The second-order valence-electron chi connectivity index (χ2n) is 4.05. The average molecular weight is 237 g/mol. The zero-order valence-corrected chi connectivity index (χ0v) is 9.68. The Hall–Kier alpha value is -2.59. The highest BCUT2D eigenvalue weighted by atomic mass is 16.1. The van der Waals surface area contributed by atoms with Gasteiger partial charge >= 0.3 is 0 Å². The number of rotatable bonds is 2. The first-order valence-electron chi connectivity index (χ1n) is 5.61. The normalized spacial score (nSPS) is 18.8. The van der Waals surface area contributed by atoms with Crippen molar-refractivity contribution in [3.63, 3.8) is 0 Å². The molecule has 0 radical (unpaired) electrons. The van der Waals surface area contributed by atoms with Gasteiger partial charge in [0.15, 0.2) is 0 Å². The molecule has 1 N–H and O–H groups in total. The van der Waals surface area contributed by atoms with Crippen molar-refractivity contribution < 1.29 is 4.79 Å². The van der Waals surface area contributed by atoms with Crippen molar-refractivity contribution in [2.24, 2.45) is 0 Å². The second kappa shape index (κ2) is 5.16. The number of hydrogen-bond acceptors (Lipinski definition) is 3. The van der Waals surface area contributed by atoms with Crippen molar-refractivity contribution >= 4 is 5.91 Å². The molecule has 0 spiro atoms. The van der Waals surface area contributed by atoms with Crippen LogP contribution in [-0.4, -0.2) is 5.91 Å². The number of amides is 1. The molecule has 1 aliphatic rings. The molecule has 1 amide bonds. The van der Waals surface area contributed by atoms with Gasteiger partial charge in [-0.15, -0.1) is 0 Å². The zero-order chi connectivity index (χ0) is 13.0. The summed E-state index contributed by atoms with van der Waals surface area (Å²) in [4.78, 5) is 11.6. The smallest absolute Gasteiger partial charge is 0.225 e. The average Bonchev–Trinajstić information content (AvgIpc) is 2.39. The molecule has 4 heteroatoms. The van der Waals surface area contributed by atoms with E-state index in [1.165, 1.54) is 0 Å². The minimum atomic E-state index is -0.242. The quantitative estimate of drug-likeness (QED) is 0.854. The molecule has 0 bridgehead atoms. The van der Waals surface area contributed by atoms with E-state index in [2.05, 4.69) is 11.4 Å². The molecule has 1 unspecified atom stereocenters. The van der Waals surface area contributed by atoms with Gasteiger partial charge in [0.05, 0.1) is 24.1 Å². The van der Waals surface area contributed by atoms with Crippen molar-refractivity contribution in [3.05, 3.63) is 47.2 Å². The molecule has 1 heterocycles. The molecule has 0 aliphatic carbocycles. The molecule has 0 saturated heterocycles. The van der Waals surface area contributed by atoms with Crippen LogP contribution in [0.15, 0.2) is 41.6 Å². The van der Waals surface area contributed by atoms with Gasteiger partial charge in [0.25, 0.3) is 0 Å². The summed E-state index contributed by atoms with van der Waals surface area (Å²) in [5.41, 5.74) is 1.85. The predicted octanol–water partition coefficient (Wildman–Crippen LogP) is 1.98. The lowest BCUT2D eigenvalue weighted by atomic mass is 9.84. The summed E-state index contributed by atoms with van der Waals surface area (Å²) in [7, 11) is 0. The Balaban J connectivity index is 2.46. The fourth-order valence-corrected chi connectivity index (χ4v) is 2.12. The molecular weight excluding hydrogens is 226 g/mol. The van der Waals surface area contributed by atoms with Crippen LogP contribution >= 0.6 is 0 Å². The van der Waals surface area contributed by atoms with E-state index < -0.39 is 0 Å². The van der Waals surface area contributed by atoms with E-state index in [1.54, 1.807) is 0 Å². The van der Waals surface area contributed by atoms with E-state index in [9.17, 15) is 10.1 Å². The molecule has 0 aromatic heterocycles. The number of carbonyl (C=O) groups is 1. The van der Waals surface area contributed by atoms with E-state index in [-0.39, 0.29) is 24.7 Å². The van der Waals surface area contributed by atoms with Gasteiger partial charge in [0, 0.05) is 18.0 Å². The van der Waals surface area contributed by atoms with Gasteiger partial charge in [-0.25, -0.2) is 0 Å². The van der Waals surface area contributed by atoms with E-state index in [4.69, 9.17) is 5.26 Å². The van der Waals surface area contributed by atoms with Crippen LogP contribution in [-0.2, 0) is 4.79 Å². The Morgan fingerprint density at radius 3 is 2.61 bits per heavy atom. The minimum Gasteiger partial charge on any atom is -0.328 e. The van der Waals surface area contributed by atoms with Gasteiger partial charge in [-0.05, 0) is 5.56 Å². The highest BCUT2D eigenvalue weighted by molar-refractivity contribution is 5.82. The molecule has 4 nitrogen and oxygen atoms in total. The maximum absolute atomic E-state index is 11.6. The second-order valence-corrected chi connectivity index (χ2v) is 4.05. The topological polar surface area (TPSA) is 76.7 Å². The van der Waals surface area contributed by atoms with Crippen LogP contribution in [0.4, 0.5) is 0 Å². The van der Waals surface area contributed by atoms with E-state index in [0.29, 0.717) is 11.3 Å². The summed E-state index contributed by atoms with van der Waals surface area (Å²) < 4.78 is 0. The standard InChI is InChI=1S/C14H11N3O/c15-7-6-13-12(9-16)11(8-14(18)17-13)10-4-2-1-3-5-10/h1-5,11H,6,8H2,(H,17,18). The lowest BCUT2D eigenvalue weighted by molar-refractivity contribution is -0.121. The molecule has 0 fully saturated rings. The molecule has 2 rings (SSSR count). The maximum Gasteiger partial charge on any atom is 0.225 e. The van der Waals surface area contributed by atoms with E-state index in [1.807, 2.05) is 36.4 Å². The third kappa shape index (κ3) is 2.23. The fraction of sp³-hybridized carbons (Fsp3) is 0.214. The summed E-state index contributed by atoms with van der Waals surface area (Å²) in [6.07, 6.45) is 0.305. The van der Waals surface area contributed by atoms with Crippen LogP contribution in [0.3, 0.4) is 0 Å². The van der Waals surface area contributed by atoms with Crippen LogP contribution in [0, 0.1) is 22.7 Å². The lowest BCUT2D eigenvalue weighted by Crippen LogP contribution is -2.31. The molecule has 1 aromatic carbocycles. The zero-order valence-electron chi connectivity index (χ0n) is 9.68. The number of nitrogens with zero attached hydrogens (tertiary/aromatic N) is 2. The van der Waals surface area contributed by atoms with Crippen LogP contribution in [0.25, 0.3) is 0 Å². The van der Waals surface area contributed by atoms with Crippen molar-refractivity contribution in [3.8, 4) is 12.1 Å². The Labute approximate surface area is 105 Å². The minimum absolute atomic E-state index is 0.0535. The fourth-order valence-electron chi connectivity index (χ4n) is 2.12. The third-order valence-electron chi connectivity index (χ3n) is 2.93. The first kappa shape index (κ1) is 11.9. The summed E-state index contributed by atoms with van der Waals surface area (Å²) in [5.74, 6) is -0.388. The maximum atomic E-state index is 11.6. The first-order valence-corrected chi connectivity index (χ1v) is 5.61. The molecule has 1 aliphatic heterocycles. The Morgan fingerprint density at radius 2 is 2.00 bits per heavy atom. The molecule has 1 aromatic rings. The predicted molar refractivity (Wildman–Crippen MR) is 64.8 cm³/mol.